The van der Waals surface area contributed by atoms with Crippen LogP contribution >= 0.6 is 67.8 Å². The highest BCUT2D eigenvalue weighted by Crippen LogP contribution is 2.35. The van der Waals surface area contributed by atoms with Crippen molar-refractivity contribution in [2.24, 2.45) is 0 Å². The Hall–Kier alpha value is 0.680. The number of carbonyl (C=O) groups excluding carboxylic acids is 1. The first-order chi connectivity index (χ1) is 6.07. The molecule has 0 atom stereocenters. The molecule has 6 heteroatoms. The Morgan fingerprint density at radius 3 is 2.46 bits per heavy atom. The zero-order valence-corrected chi connectivity index (χ0v) is 12.6. The van der Waals surface area contributed by atoms with Crippen LogP contribution in [0.2, 0.25) is 0 Å². The number of aromatic hydroxyl groups is 1. The van der Waals surface area contributed by atoms with Crippen LogP contribution in [0.15, 0.2) is 6.07 Å². The quantitative estimate of drug-likeness (QED) is 0.471. The Labute approximate surface area is 116 Å². The first-order valence-corrected chi connectivity index (χ1v) is 6.38. The summed E-state index contributed by atoms with van der Waals surface area (Å²) in [5.74, 6) is 0.214. The normalized spacial score (nSPS) is 9.77. The van der Waals surface area contributed by atoms with E-state index >= 15 is 0 Å². The second-order valence-corrected chi connectivity index (χ2v) is 5.54. The van der Waals surface area contributed by atoms with E-state index in [1.165, 1.54) is 0 Å². The first-order valence-electron chi connectivity index (χ1n) is 3.14. The van der Waals surface area contributed by atoms with Crippen molar-refractivity contribution in [2.45, 2.75) is 0 Å². The fourth-order valence-corrected chi connectivity index (χ4v) is 4.45. The number of rotatable bonds is 2. The van der Waals surface area contributed by atoms with E-state index in [1.54, 1.807) is 0 Å². The molecular weight excluding hydrogens is 511 g/mol. The van der Waals surface area contributed by atoms with Crippen LogP contribution in [0.5, 0.6) is 5.75 Å². The van der Waals surface area contributed by atoms with Gasteiger partial charge in [-0.05, 0) is 73.8 Å². The summed E-state index contributed by atoms with van der Waals surface area (Å²) in [6.45, 7) is 0. The maximum atomic E-state index is 10.3. The number of carbonyl (C=O) groups is 1. The van der Waals surface area contributed by atoms with Crippen molar-refractivity contribution in [1.82, 2.24) is 0 Å². The predicted octanol–water partition coefficient (Wildman–Crippen LogP) is 2.77. The highest BCUT2D eigenvalue weighted by Gasteiger charge is 2.12. The molecule has 0 heterocycles. The zero-order chi connectivity index (χ0) is 10.0. The van der Waals surface area contributed by atoms with E-state index in [4.69, 9.17) is 0 Å². The van der Waals surface area contributed by atoms with Gasteiger partial charge >= 0.3 is 0 Å². The number of hydrogen-bond donors (Lipinski definition) is 2. The first kappa shape index (κ1) is 11.8. The molecule has 0 aliphatic rings. The monoisotopic (exact) mass is 515 g/mol. The molecule has 0 unspecified atom stereocenters. The standard InChI is InChI=1S/C7H4I3NO2/c8-3-1-4(9)7(13)5(10)6(3)11-2-12/h1-2,13H,(H,11,12). The number of phenols is 1. The van der Waals surface area contributed by atoms with Crippen LogP contribution in [0.25, 0.3) is 0 Å². The van der Waals surface area contributed by atoms with E-state index in [0.717, 1.165) is 7.14 Å². The predicted molar refractivity (Wildman–Crippen MR) is 75.9 cm³/mol. The van der Waals surface area contributed by atoms with Crippen LogP contribution in [0.3, 0.4) is 0 Å². The summed E-state index contributed by atoms with van der Waals surface area (Å²) < 4.78 is 2.36. The van der Waals surface area contributed by atoms with Crippen molar-refractivity contribution in [3.63, 3.8) is 0 Å². The molecule has 0 aromatic heterocycles. The van der Waals surface area contributed by atoms with Crippen LogP contribution in [0.1, 0.15) is 0 Å². The Morgan fingerprint density at radius 2 is 1.92 bits per heavy atom. The number of amides is 1. The largest absolute Gasteiger partial charge is 0.506 e. The van der Waals surface area contributed by atoms with Crippen molar-refractivity contribution in [3.8, 4) is 5.75 Å². The summed E-state index contributed by atoms with van der Waals surface area (Å²) in [6.07, 6.45) is 0.603. The minimum atomic E-state index is 0.214. The molecule has 0 saturated heterocycles. The van der Waals surface area contributed by atoms with E-state index < -0.39 is 0 Å². The Balaban J connectivity index is 3.34. The van der Waals surface area contributed by atoms with Crippen molar-refractivity contribution in [3.05, 3.63) is 16.8 Å². The minimum absolute atomic E-state index is 0.214. The van der Waals surface area contributed by atoms with E-state index in [-0.39, 0.29) is 5.75 Å². The smallest absolute Gasteiger partial charge is 0.211 e. The van der Waals surface area contributed by atoms with Crippen LogP contribution in [0.4, 0.5) is 5.69 Å². The topological polar surface area (TPSA) is 49.3 Å². The molecule has 2 N–H and O–H groups in total. The molecular formula is C7H4I3NO2. The summed E-state index contributed by atoms with van der Waals surface area (Å²) in [7, 11) is 0. The average Bonchev–Trinajstić information content (AvgIpc) is 2.09. The molecule has 0 aliphatic carbocycles. The molecule has 3 nitrogen and oxygen atoms in total. The third-order valence-corrected chi connectivity index (χ3v) is 4.07. The molecule has 1 amide bonds. The molecule has 1 aromatic carbocycles. The van der Waals surface area contributed by atoms with Gasteiger partial charge in [0.25, 0.3) is 0 Å². The van der Waals surface area contributed by atoms with E-state index in [9.17, 15) is 9.90 Å². The van der Waals surface area contributed by atoms with Gasteiger partial charge in [0.15, 0.2) is 0 Å². The number of halogens is 3. The van der Waals surface area contributed by atoms with Gasteiger partial charge < -0.3 is 10.4 Å². The van der Waals surface area contributed by atoms with Gasteiger partial charge in [-0.1, -0.05) is 0 Å². The van der Waals surface area contributed by atoms with E-state index in [1.807, 2.05) is 51.2 Å². The summed E-state index contributed by atoms with van der Waals surface area (Å²) in [5, 5.41) is 12.1. The van der Waals surface area contributed by atoms with Gasteiger partial charge in [0.2, 0.25) is 6.41 Å². The van der Waals surface area contributed by atoms with Gasteiger partial charge in [0.1, 0.15) is 5.75 Å². The molecule has 0 saturated carbocycles. The van der Waals surface area contributed by atoms with Crippen molar-refractivity contribution >= 4 is 79.9 Å². The van der Waals surface area contributed by atoms with Crippen LogP contribution in [-0.2, 0) is 4.79 Å². The summed E-state index contributed by atoms with van der Waals surface area (Å²) in [5.41, 5.74) is 0.661. The van der Waals surface area contributed by atoms with Gasteiger partial charge in [-0.25, -0.2) is 0 Å². The zero-order valence-electron chi connectivity index (χ0n) is 6.14. The lowest BCUT2D eigenvalue weighted by atomic mass is 10.3. The third kappa shape index (κ3) is 2.58. The van der Waals surface area contributed by atoms with Gasteiger partial charge in [0, 0.05) is 3.57 Å². The average molecular weight is 515 g/mol. The Bertz CT molecular complexity index is 354. The van der Waals surface area contributed by atoms with Gasteiger partial charge in [-0.3, -0.25) is 4.79 Å². The lowest BCUT2D eigenvalue weighted by Crippen LogP contribution is -2.00. The molecule has 0 spiro atoms. The number of nitrogens with one attached hydrogen (secondary N) is 1. The Morgan fingerprint density at radius 1 is 1.31 bits per heavy atom. The molecule has 1 rings (SSSR count). The molecule has 0 radical (unpaired) electrons. The summed E-state index contributed by atoms with van der Waals surface area (Å²) >= 11 is 6.15. The minimum Gasteiger partial charge on any atom is -0.506 e. The maximum Gasteiger partial charge on any atom is 0.211 e. The second kappa shape index (κ2) is 4.96. The van der Waals surface area contributed by atoms with Crippen LogP contribution in [-0.4, -0.2) is 11.5 Å². The highest BCUT2D eigenvalue weighted by molar-refractivity contribution is 14.1. The molecule has 13 heavy (non-hydrogen) atoms. The fourth-order valence-electron chi connectivity index (χ4n) is 0.771. The summed E-state index contributed by atoms with van der Waals surface area (Å²) in [4.78, 5) is 10.3. The number of anilines is 1. The number of hydrogen-bond acceptors (Lipinski definition) is 2. The summed E-state index contributed by atoms with van der Waals surface area (Å²) in [6, 6.07) is 1.81. The van der Waals surface area contributed by atoms with Crippen LogP contribution in [0, 0.1) is 10.7 Å². The lowest BCUT2D eigenvalue weighted by Gasteiger charge is -2.08. The molecule has 1 aromatic rings. The van der Waals surface area contributed by atoms with Crippen molar-refractivity contribution in [1.29, 1.82) is 0 Å². The van der Waals surface area contributed by atoms with Crippen molar-refractivity contribution in [2.75, 3.05) is 5.32 Å². The Kier molecular flexibility index (Phi) is 4.48. The number of benzene rings is 1. The SMILES string of the molecule is O=CNc1c(I)cc(I)c(O)c1I. The van der Waals surface area contributed by atoms with Gasteiger partial charge in [-0.15, -0.1) is 0 Å². The van der Waals surface area contributed by atoms with E-state index in [2.05, 4.69) is 27.9 Å². The maximum absolute atomic E-state index is 10.3. The second-order valence-electron chi connectivity index (χ2n) is 2.14. The van der Waals surface area contributed by atoms with E-state index in [0.29, 0.717) is 15.7 Å². The molecule has 0 aliphatic heterocycles. The van der Waals surface area contributed by atoms with Gasteiger partial charge in [-0.2, -0.15) is 0 Å². The van der Waals surface area contributed by atoms with Crippen LogP contribution < -0.4 is 5.32 Å². The lowest BCUT2D eigenvalue weighted by molar-refractivity contribution is -0.105. The molecule has 0 bridgehead atoms. The molecule has 0 fully saturated rings. The third-order valence-electron chi connectivity index (χ3n) is 1.35. The molecule has 70 valence electrons. The fraction of sp³-hybridized carbons (Fsp3) is 0. The van der Waals surface area contributed by atoms with Crippen molar-refractivity contribution < 1.29 is 9.90 Å². The number of phenolic OH excluding ortho intramolecular Hbond substituents is 1. The van der Waals surface area contributed by atoms with Gasteiger partial charge in [0.05, 0.1) is 12.8 Å². The highest BCUT2D eigenvalue weighted by atomic mass is 127.